The van der Waals surface area contributed by atoms with Crippen molar-refractivity contribution in [3.8, 4) is 11.5 Å². The summed E-state index contributed by atoms with van der Waals surface area (Å²) in [5.41, 5.74) is 0.924. The molecule has 0 fully saturated rings. The number of ether oxygens (including phenoxy) is 2. The highest BCUT2D eigenvalue weighted by Crippen LogP contribution is 2.32. The second kappa shape index (κ2) is 7.78. The summed E-state index contributed by atoms with van der Waals surface area (Å²) in [5, 5.41) is 4.65. The van der Waals surface area contributed by atoms with Gasteiger partial charge in [0.1, 0.15) is 11.5 Å². The third-order valence-corrected chi connectivity index (χ3v) is 6.60. The van der Waals surface area contributed by atoms with E-state index >= 15 is 0 Å². The minimum absolute atomic E-state index is 0.0468. The average Bonchev–Trinajstić information content (AvgIpc) is 3.10. The number of nitrogens with one attached hydrogen (secondary N) is 1. The van der Waals surface area contributed by atoms with Gasteiger partial charge in [0, 0.05) is 11.2 Å². The van der Waals surface area contributed by atoms with Crippen LogP contribution in [-0.2, 0) is 16.6 Å². The quantitative estimate of drug-likeness (QED) is 0.627. The topological polar surface area (TPSA) is 82.5 Å². The monoisotopic (exact) mass is 453 g/mol. The van der Waals surface area contributed by atoms with Crippen LogP contribution in [0.1, 0.15) is 5.56 Å². The molecule has 0 saturated carbocycles. The van der Waals surface area contributed by atoms with Gasteiger partial charge in [-0.15, -0.1) is 0 Å². The summed E-state index contributed by atoms with van der Waals surface area (Å²) < 4.78 is 41.1. The molecule has 4 rings (SSSR count). The number of hydrogen-bond donors (Lipinski definition) is 1. The molecule has 0 amide bonds. The number of benzene rings is 2. The summed E-state index contributed by atoms with van der Waals surface area (Å²) in [6.07, 6.45) is 2.76. The molecule has 7 nitrogen and oxygen atoms in total. The zero-order valence-corrected chi connectivity index (χ0v) is 17.6. The van der Waals surface area contributed by atoms with Crippen LogP contribution in [-0.4, -0.2) is 30.9 Å². The maximum absolute atomic E-state index is 12.7. The molecule has 0 saturated heterocycles. The van der Waals surface area contributed by atoms with Crippen molar-refractivity contribution in [3.63, 3.8) is 0 Å². The van der Waals surface area contributed by atoms with Crippen LogP contribution in [0.25, 0.3) is 0 Å². The SMILES string of the molecule is Cc1cc(S(=O)(=O)Nc2cnn(CC3COc4ccccc4O3)c2)c(Cl)cc1Cl. The van der Waals surface area contributed by atoms with E-state index in [-0.39, 0.29) is 16.0 Å². The van der Waals surface area contributed by atoms with Gasteiger partial charge in [0.25, 0.3) is 10.0 Å². The number of hydrogen-bond acceptors (Lipinski definition) is 5. The van der Waals surface area contributed by atoms with Crippen molar-refractivity contribution < 1.29 is 17.9 Å². The lowest BCUT2D eigenvalue weighted by Gasteiger charge is -2.26. The number of fused-ring (bicyclic) bond motifs is 1. The van der Waals surface area contributed by atoms with Crippen LogP contribution in [0.2, 0.25) is 10.0 Å². The van der Waals surface area contributed by atoms with Crippen molar-refractivity contribution in [1.29, 1.82) is 0 Å². The summed E-state index contributed by atoms with van der Waals surface area (Å²) in [7, 11) is -3.89. The van der Waals surface area contributed by atoms with E-state index in [9.17, 15) is 8.42 Å². The Bertz CT molecular complexity index is 1160. The molecule has 1 unspecified atom stereocenters. The molecule has 0 bridgehead atoms. The van der Waals surface area contributed by atoms with Crippen molar-refractivity contribution in [1.82, 2.24) is 9.78 Å². The first-order chi connectivity index (χ1) is 13.8. The van der Waals surface area contributed by atoms with Gasteiger partial charge in [0.2, 0.25) is 0 Å². The number of rotatable bonds is 5. The summed E-state index contributed by atoms with van der Waals surface area (Å²) >= 11 is 12.1. The van der Waals surface area contributed by atoms with Gasteiger partial charge in [0.15, 0.2) is 17.6 Å². The van der Waals surface area contributed by atoms with Crippen LogP contribution in [0.3, 0.4) is 0 Å². The molecule has 0 spiro atoms. The van der Waals surface area contributed by atoms with Crippen LogP contribution < -0.4 is 14.2 Å². The van der Waals surface area contributed by atoms with E-state index in [0.717, 1.165) is 0 Å². The van der Waals surface area contributed by atoms with E-state index in [4.69, 9.17) is 32.7 Å². The van der Waals surface area contributed by atoms with Crippen molar-refractivity contribution in [2.45, 2.75) is 24.5 Å². The van der Waals surface area contributed by atoms with Crippen molar-refractivity contribution in [2.75, 3.05) is 11.3 Å². The predicted molar refractivity (Wildman–Crippen MR) is 111 cm³/mol. The maximum Gasteiger partial charge on any atom is 0.263 e. The van der Waals surface area contributed by atoms with E-state index in [1.165, 1.54) is 18.3 Å². The van der Waals surface area contributed by atoms with Crippen LogP contribution in [0.5, 0.6) is 11.5 Å². The molecule has 1 aliphatic heterocycles. The van der Waals surface area contributed by atoms with Gasteiger partial charge < -0.3 is 9.47 Å². The van der Waals surface area contributed by atoms with E-state index in [2.05, 4.69) is 9.82 Å². The molecule has 1 aliphatic rings. The second-order valence-electron chi connectivity index (χ2n) is 6.59. The fraction of sp³-hybridized carbons (Fsp3) is 0.211. The highest BCUT2D eigenvalue weighted by Gasteiger charge is 2.23. The normalized spacial score (nSPS) is 15.9. The highest BCUT2D eigenvalue weighted by atomic mass is 35.5. The van der Waals surface area contributed by atoms with E-state index < -0.39 is 10.0 Å². The van der Waals surface area contributed by atoms with Crippen LogP contribution in [0, 0.1) is 6.92 Å². The molecule has 2 heterocycles. The summed E-state index contributed by atoms with van der Waals surface area (Å²) in [6, 6.07) is 10.3. The summed E-state index contributed by atoms with van der Waals surface area (Å²) in [5.74, 6) is 1.37. The summed E-state index contributed by atoms with van der Waals surface area (Å²) in [6.45, 7) is 2.48. The Morgan fingerprint density at radius 2 is 1.97 bits per heavy atom. The fourth-order valence-corrected chi connectivity index (χ4v) is 4.79. The molecule has 3 aromatic rings. The third-order valence-electron chi connectivity index (χ3n) is 4.35. The Balaban J connectivity index is 1.46. The van der Waals surface area contributed by atoms with Crippen molar-refractivity contribution in [2.24, 2.45) is 0 Å². The zero-order valence-electron chi connectivity index (χ0n) is 15.3. The molecular formula is C19H17Cl2N3O4S. The number of sulfonamides is 1. The molecule has 0 radical (unpaired) electrons. The molecule has 1 atom stereocenters. The summed E-state index contributed by atoms with van der Waals surface area (Å²) in [4.78, 5) is -0.0468. The Morgan fingerprint density at radius 3 is 2.76 bits per heavy atom. The molecule has 29 heavy (non-hydrogen) atoms. The lowest BCUT2D eigenvalue weighted by atomic mass is 10.2. The first-order valence-corrected chi connectivity index (χ1v) is 10.9. The van der Waals surface area contributed by atoms with Gasteiger partial charge in [-0.25, -0.2) is 8.42 Å². The fourth-order valence-electron chi connectivity index (χ4n) is 2.92. The Labute approximate surface area is 178 Å². The minimum Gasteiger partial charge on any atom is -0.486 e. The number of aryl methyl sites for hydroxylation is 1. The molecular weight excluding hydrogens is 437 g/mol. The van der Waals surface area contributed by atoms with Crippen molar-refractivity contribution >= 4 is 38.9 Å². The Hall–Kier alpha value is -2.42. The first kappa shape index (κ1) is 19.9. The third kappa shape index (κ3) is 4.29. The van der Waals surface area contributed by atoms with E-state index in [0.29, 0.717) is 40.9 Å². The lowest BCUT2D eigenvalue weighted by Crippen LogP contribution is -2.33. The first-order valence-electron chi connectivity index (χ1n) is 8.71. The zero-order chi connectivity index (χ0) is 20.6. The Kier molecular flexibility index (Phi) is 5.33. The lowest BCUT2D eigenvalue weighted by molar-refractivity contribution is 0.0759. The smallest absolute Gasteiger partial charge is 0.263 e. The van der Waals surface area contributed by atoms with Gasteiger partial charge in [-0.3, -0.25) is 9.40 Å². The molecule has 1 N–H and O–H groups in total. The van der Waals surface area contributed by atoms with Gasteiger partial charge in [-0.05, 0) is 36.8 Å². The average molecular weight is 454 g/mol. The molecule has 152 valence electrons. The van der Waals surface area contributed by atoms with Crippen LogP contribution in [0.4, 0.5) is 5.69 Å². The second-order valence-corrected chi connectivity index (χ2v) is 9.05. The van der Waals surface area contributed by atoms with Gasteiger partial charge in [-0.2, -0.15) is 5.10 Å². The molecule has 1 aromatic heterocycles. The largest absolute Gasteiger partial charge is 0.486 e. The number of anilines is 1. The molecule has 2 aromatic carbocycles. The standard InChI is InChI=1S/C19H17Cl2N3O4S/c1-12-6-19(16(21)7-15(12)20)29(25,26)23-13-8-22-24(9-13)10-14-11-27-17-4-2-3-5-18(17)28-14/h2-9,14,23H,10-11H2,1H3. The predicted octanol–water partition coefficient (Wildman–Crippen LogP) is 4.14. The Morgan fingerprint density at radius 1 is 1.21 bits per heavy atom. The van der Waals surface area contributed by atoms with Gasteiger partial charge >= 0.3 is 0 Å². The number of nitrogens with zero attached hydrogens (tertiary/aromatic N) is 2. The van der Waals surface area contributed by atoms with Crippen LogP contribution in [0.15, 0.2) is 53.7 Å². The van der Waals surface area contributed by atoms with Gasteiger partial charge in [0.05, 0.1) is 23.5 Å². The van der Waals surface area contributed by atoms with Crippen molar-refractivity contribution in [3.05, 3.63) is 64.4 Å². The maximum atomic E-state index is 12.7. The highest BCUT2D eigenvalue weighted by molar-refractivity contribution is 7.92. The molecule has 10 heteroatoms. The number of para-hydroxylation sites is 2. The van der Waals surface area contributed by atoms with E-state index in [1.54, 1.807) is 17.8 Å². The van der Waals surface area contributed by atoms with Gasteiger partial charge in [-0.1, -0.05) is 35.3 Å². The minimum atomic E-state index is -3.89. The van der Waals surface area contributed by atoms with Crippen LogP contribution >= 0.6 is 23.2 Å². The number of aromatic nitrogens is 2. The number of halogens is 2. The van der Waals surface area contributed by atoms with E-state index in [1.807, 2.05) is 24.3 Å². The molecule has 0 aliphatic carbocycles.